The van der Waals surface area contributed by atoms with Crippen molar-refractivity contribution in [2.75, 3.05) is 44.9 Å². The lowest BCUT2D eigenvalue weighted by Crippen LogP contribution is -2.45. The maximum absolute atomic E-state index is 14.7. The van der Waals surface area contributed by atoms with Gasteiger partial charge in [-0.05, 0) is 63.2 Å². The summed E-state index contributed by atoms with van der Waals surface area (Å²) in [6.07, 6.45) is 5.02. The number of hydrogen-bond acceptors (Lipinski definition) is 7. The van der Waals surface area contributed by atoms with Crippen LogP contribution in [-0.2, 0) is 6.54 Å². The van der Waals surface area contributed by atoms with Crippen molar-refractivity contribution in [2.24, 2.45) is 0 Å². The molecule has 0 amide bonds. The second kappa shape index (κ2) is 10.6. The normalized spacial score (nSPS) is 15.9. The third kappa shape index (κ3) is 5.32. The van der Waals surface area contributed by atoms with E-state index < -0.39 is 5.82 Å². The number of methoxy groups -OCH3 is 1. The highest BCUT2D eigenvalue weighted by Crippen LogP contribution is 2.39. The van der Waals surface area contributed by atoms with Crippen LogP contribution in [0.4, 0.5) is 15.9 Å². The van der Waals surface area contributed by atoms with Gasteiger partial charge in [0, 0.05) is 43.1 Å². The molecule has 37 heavy (non-hydrogen) atoms. The van der Waals surface area contributed by atoms with E-state index in [0.29, 0.717) is 29.7 Å². The minimum Gasteiger partial charge on any atom is -0.497 e. The average Bonchev–Trinajstić information content (AvgIpc) is 3.25. The van der Waals surface area contributed by atoms with Crippen molar-refractivity contribution in [1.29, 1.82) is 0 Å². The number of likely N-dealkylation sites (N-methyl/N-ethyl adjacent to an activating group) is 1. The molecule has 2 N–H and O–H groups in total. The van der Waals surface area contributed by atoms with Crippen LogP contribution in [0.3, 0.4) is 0 Å². The minimum atomic E-state index is -0.513. The van der Waals surface area contributed by atoms with Gasteiger partial charge in [0.05, 0.1) is 13.7 Å². The second-order valence-corrected chi connectivity index (χ2v) is 9.73. The third-order valence-corrected chi connectivity index (χ3v) is 6.72. The summed E-state index contributed by atoms with van der Waals surface area (Å²) in [6.45, 7) is 2.33. The fourth-order valence-electron chi connectivity index (χ4n) is 4.96. The molecule has 1 unspecified atom stereocenters. The first-order valence-electron chi connectivity index (χ1n) is 12.6. The Labute approximate surface area is 216 Å². The van der Waals surface area contributed by atoms with Gasteiger partial charge < -0.3 is 25.0 Å². The lowest BCUT2D eigenvalue weighted by Gasteiger charge is -2.37. The zero-order valence-corrected chi connectivity index (χ0v) is 21.5. The Hall–Kier alpha value is -3.85. The Morgan fingerprint density at radius 3 is 2.62 bits per heavy atom. The number of nitrogen functional groups attached to an aromatic ring is 1. The van der Waals surface area contributed by atoms with E-state index in [1.807, 2.05) is 28.9 Å². The number of hydrogen-bond donors (Lipinski definition) is 1. The number of nitrogens with two attached hydrogens (primary N) is 1. The van der Waals surface area contributed by atoms with Gasteiger partial charge in [0.25, 0.3) is 0 Å². The molecule has 1 atom stereocenters. The van der Waals surface area contributed by atoms with Gasteiger partial charge in [-0.3, -0.25) is 0 Å². The van der Waals surface area contributed by atoms with Crippen molar-refractivity contribution in [3.05, 3.63) is 66.1 Å². The number of halogens is 1. The molecule has 2 aromatic carbocycles. The molecule has 1 fully saturated rings. The van der Waals surface area contributed by atoms with E-state index in [9.17, 15) is 4.39 Å². The Kier molecular flexibility index (Phi) is 7.14. The lowest BCUT2D eigenvalue weighted by atomic mass is 10.0. The molecular formula is C28H33FN6O2. The Balaban J connectivity index is 1.61. The average molecular weight is 505 g/mol. The van der Waals surface area contributed by atoms with E-state index in [4.69, 9.17) is 25.3 Å². The fourth-order valence-corrected chi connectivity index (χ4v) is 4.96. The second-order valence-electron chi connectivity index (χ2n) is 9.73. The summed E-state index contributed by atoms with van der Waals surface area (Å²) in [5, 5.41) is 5.86. The summed E-state index contributed by atoms with van der Waals surface area (Å²) in [7, 11) is 5.83. The van der Waals surface area contributed by atoms with Crippen molar-refractivity contribution < 1.29 is 13.9 Å². The number of pyridine rings is 1. The largest absolute Gasteiger partial charge is 0.497 e. The molecule has 8 nitrogen and oxygen atoms in total. The van der Waals surface area contributed by atoms with Crippen LogP contribution in [0.15, 0.2) is 54.7 Å². The predicted octanol–water partition coefficient (Wildman–Crippen LogP) is 4.92. The van der Waals surface area contributed by atoms with E-state index >= 15 is 0 Å². The number of ether oxygens (including phenoxy) is 2. The van der Waals surface area contributed by atoms with Gasteiger partial charge in [-0.25, -0.2) is 14.1 Å². The van der Waals surface area contributed by atoms with E-state index in [1.165, 1.54) is 12.5 Å². The number of aromatic nitrogens is 3. The summed E-state index contributed by atoms with van der Waals surface area (Å²) >= 11 is 0. The van der Waals surface area contributed by atoms with E-state index in [-0.39, 0.29) is 5.75 Å². The zero-order valence-electron chi connectivity index (χ0n) is 21.5. The van der Waals surface area contributed by atoms with Gasteiger partial charge in [0.2, 0.25) is 0 Å². The first kappa shape index (κ1) is 24.8. The maximum atomic E-state index is 14.7. The Morgan fingerprint density at radius 2 is 1.89 bits per heavy atom. The van der Waals surface area contributed by atoms with Crippen molar-refractivity contribution in [1.82, 2.24) is 19.7 Å². The number of fused-ring (bicyclic) bond motifs is 1. The molecule has 4 aromatic rings. The van der Waals surface area contributed by atoms with Crippen LogP contribution in [0, 0.1) is 5.82 Å². The molecule has 0 aliphatic carbocycles. The van der Waals surface area contributed by atoms with Crippen LogP contribution in [0.5, 0.6) is 17.2 Å². The van der Waals surface area contributed by atoms with Gasteiger partial charge in [-0.2, -0.15) is 5.10 Å². The topological polar surface area (TPSA) is 81.7 Å². The van der Waals surface area contributed by atoms with E-state index in [1.54, 1.807) is 31.5 Å². The van der Waals surface area contributed by atoms with Crippen molar-refractivity contribution >= 4 is 22.5 Å². The molecule has 0 spiro atoms. The standard InChI is InChI=1S/C28H33FN6O2/c1-33(2)18-21-6-4-5-15-34(21)28-26-25(37-24-12-9-20(30)16-23(24)29)13-14-31-27(26)35(32-28)17-19-7-10-22(36-3)11-8-19/h7-14,16,21H,4-6,15,17-18,30H2,1-3H3. The zero-order chi connectivity index (χ0) is 25.9. The number of nitrogens with zero attached hydrogens (tertiary/aromatic N) is 5. The number of benzene rings is 2. The van der Waals surface area contributed by atoms with Crippen molar-refractivity contribution in [3.8, 4) is 17.2 Å². The SMILES string of the molecule is COc1ccc(Cn2nc(N3CCCCC3CN(C)C)c3c(Oc4ccc(N)cc4F)ccnc32)cc1. The molecule has 194 valence electrons. The lowest BCUT2D eigenvalue weighted by molar-refractivity contribution is 0.326. The summed E-state index contributed by atoms with van der Waals surface area (Å²) < 4.78 is 28.0. The molecule has 3 heterocycles. The van der Waals surface area contributed by atoms with Crippen molar-refractivity contribution in [2.45, 2.75) is 31.8 Å². The molecule has 0 radical (unpaired) electrons. The quantitative estimate of drug-likeness (QED) is 0.341. The highest BCUT2D eigenvalue weighted by molar-refractivity contribution is 5.94. The molecule has 0 bridgehead atoms. The van der Waals surface area contributed by atoms with E-state index in [0.717, 1.165) is 48.4 Å². The van der Waals surface area contributed by atoms with Gasteiger partial charge in [0.1, 0.15) is 16.9 Å². The highest BCUT2D eigenvalue weighted by atomic mass is 19.1. The first-order valence-corrected chi connectivity index (χ1v) is 12.6. The van der Waals surface area contributed by atoms with Gasteiger partial charge in [-0.15, -0.1) is 0 Å². The van der Waals surface area contributed by atoms with Crippen LogP contribution in [-0.4, -0.2) is 60.0 Å². The number of anilines is 2. The Bertz CT molecular complexity index is 1370. The Morgan fingerprint density at radius 1 is 1.08 bits per heavy atom. The monoisotopic (exact) mass is 504 g/mol. The third-order valence-electron chi connectivity index (χ3n) is 6.72. The molecule has 0 saturated carbocycles. The molecule has 1 aliphatic heterocycles. The molecule has 1 aliphatic rings. The molecular weight excluding hydrogens is 471 g/mol. The summed E-state index contributed by atoms with van der Waals surface area (Å²) in [5.41, 5.74) is 7.85. The van der Waals surface area contributed by atoms with E-state index in [2.05, 4.69) is 23.9 Å². The van der Waals surface area contributed by atoms with Gasteiger partial charge in [0.15, 0.2) is 23.0 Å². The maximum Gasteiger partial charge on any atom is 0.167 e. The number of rotatable bonds is 8. The van der Waals surface area contributed by atoms with Gasteiger partial charge in [-0.1, -0.05) is 12.1 Å². The number of piperidine rings is 1. The van der Waals surface area contributed by atoms with Crippen LogP contribution < -0.4 is 20.1 Å². The summed E-state index contributed by atoms with van der Waals surface area (Å²) in [5.74, 6) is 1.72. The van der Waals surface area contributed by atoms with Crippen LogP contribution >= 0.6 is 0 Å². The molecule has 2 aromatic heterocycles. The molecule has 5 rings (SSSR count). The molecule has 9 heteroatoms. The predicted molar refractivity (Wildman–Crippen MR) is 144 cm³/mol. The minimum absolute atomic E-state index is 0.110. The molecule has 1 saturated heterocycles. The summed E-state index contributed by atoms with van der Waals surface area (Å²) in [6, 6.07) is 14.4. The smallest absolute Gasteiger partial charge is 0.167 e. The summed E-state index contributed by atoms with van der Waals surface area (Å²) in [4.78, 5) is 9.27. The van der Waals surface area contributed by atoms with Crippen LogP contribution in [0.1, 0.15) is 24.8 Å². The first-order chi connectivity index (χ1) is 17.9. The highest BCUT2D eigenvalue weighted by Gasteiger charge is 2.29. The fraction of sp³-hybridized carbons (Fsp3) is 0.357. The van der Waals surface area contributed by atoms with Crippen LogP contribution in [0.25, 0.3) is 11.0 Å². The van der Waals surface area contributed by atoms with Crippen molar-refractivity contribution in [3.63, 3.8) is 0 Å². The van der Waals surface area contributed by atoms with Crippen LogP contribution in [0.2, 0.25) is 0 Å². The van der Waals surface area contributed by atoms with Gasteiger partial charge >= 0.3 is 0 Å².